The van der Waals surface area contributed by atoms with Crippen molar-refractivity contribution in [3.05, 3.63) is 72.5 Å². The molecule has 0 aliphatic carbocycles. The van der Waals surface area contributed by atoms with E-state index in [0.717, 1.165) is 16.5 Å². The molecule has 0 spiro atoms. The molecule has 1 atom stereocenters. The molecule has 31 heavy (non-hydrogen) atoms. The van der Waals surface area contributed by atoms with Crippen LogP contribution in [-0.2, 0) is 9.59 Å². The Balaban J connectivity index is 1.27. The molecule has 3 aromatic carbocycles. The van der Waals surface area contributed by atoms with Crippen LogP contribution in [0.25, 0.3) is 10.8 Å². The lowest BCUT2D eigenvalue weighted by Gasteiger charge is -2.37. The molecule has 1 unspecified atom stereocenters. The van der Waals surface area contributed by atoms with Gasteiger partial charge in [0, 0.05) is 44.5 Å². The Labute approximate surface area is 180 Å². The first-order valence-corrected chi connectivity index (χ1v) is 10.7. The summed E-state index contributed by atoms with van der Waals surface area (Å²) in [5.74, 6) is -0.579. The number of carbonyl (C=O) groups is 2. The van der Waals surface area contributed by atoms with Gasteiger partial charge in [0.2, 0.25) is 11.8 Å². The van der Waals surface area contributed by atoms with Gasteiger partial charge in [0.25, 0.3) is 0 Å². The van der Waals surface area contributed by atoms with E-state index in [-0.39, 0.29) is 30.0 Å². The van der Waals surface area contributed by atoms with Gasteiger partial charge in [-0.15, -0.1) is 0 Å². The number of fused-ring (bicyclic) bond motifs is 1. The molecule has 0 N–H and O–H groups in total. The highest BCUT2D eigenvalue weighted by atomic mass is 19.1. The normalized spacial score (nSPS) is 19.3. The maximum atomic E-state index is 14.1. The summed E-state index contributed by atoms with van der Waals surface area (Å²) in [5, 5.41) is 2.09. The molecule has 2 amide bonds. The lowest BCUT2D eigenvalue weighted by Crippen LogP contribution is -2.51. The van der Waals surface area contributed by atoms with E-state index < -0.39 is 0 Å². The molecule has 5 nitrogen and oxygen atoms in total. The van der Waals surface area contributed by atoms with Crippen molar-refractivity contribution in [3.8, 4) is 0 Å². The molecule has 158 valence electrons. The first kappa shape index (κ1) is 19.5. The van der Waals surface area contributed by atoms with Gasteiger partial charge in [-0.25, -0.2) is 4.39 Å². The molecule has 6 heteroatoms. The third-order valence-corrected chi connectivity index (χ3v) is 6.32. The fourth-order valence-electron chi connectivity index (χ4n) is 4.68. The van der Waals surface area contributed by atoms with Crippen LogP contribution in [-0.4, -0.2) is 49.4 Å². The summed E-state index contributed by atoms with van der Waals surface area (Å²) in [6.45, 7) is 2.64. The van der Waals surface area contributed by atoms with Crippen molar-refractivity contribution in [2.45, 2.75) is 6.42 Å². The Bertz CT molecular complexity index is 1140. The van der Waals surface area contributed by atoms with Crippen molar-refractivity contribution >= 4 is 34.0 Å². The number of piperazine rings is 1. The number of nitrogens with zero attached hydrogens (tertiary/aromatic N) is 3. The van der Waals surface area contributed by atoms with Crippen molar-refractivity contribution < 1.29 is 14.0 Å². The van der Waals surface area contributed by atoms with Crippen LogP contribution in [0.2, 0.25) is 0 Å². The number of amides is 2. The van der Waals surface area contributed by atoms with E-state index in [9.17, 15) is 14.0 Å². The number of rotatable bonds is 3. The third kappa shape index (κ3) is 3.63. The van der Waals surface area contributed by atoms with E-state index in [2.05, 4.69) is 0 Å². The number of benzene rings is 3. The number of hydrogen-bond donors (Lipinski definition) is 0. The second-order valence-corrected chi connectivity index (χ2v) is 8.17. The average molecular weight is 417 g/mol. The van der Waals surface area contributed by atoms with Crippen molar-refractivity contribution in [3.63, 3.8) is 0 Å². The first-order valence-electron chi connectivity index (χ1n) is 10.7. The van der Waals surface area contributed by atoms with E-state index >= 15 is 0 Å². The Hall–Kier alpha value is -3.41. The molecule has 5 rings (SSSR count). The zero-order valence-corrected chi connectivity index (χ0v) is 17.2. The third-order valence-electron chi connectivity index (χ3n) is 6.32. The highest BCUT2D eigenvalue weighted by Gasteiger charge is 2.38. The zero-order valence-electron chi connectivity index (χ0n) is 17.2. The highest BCUT2D eigenvalue weighted by molar-refractivity contribution is 6.07. The van der Waals surface area contributed by atoms with Gasteiger partial charge in [-0.05, 0) is 23.6 Å². The number of carbonyl (C=O) groups excluding carboxylic acids is 2. The maximum Gasteiger partial charge on any atom is 0.228 e. The summed E-state index contributed by atoms with van der Waals surface area (Å²) in [6, 6.07) is 20.6. The van der Waals surface area contributed by atoms with E-state index in [0.29, 0.717) is 38.4 Å². The van der Waals surface area contributed by atoms with Crippen molar-refractivity contribution in [2.75, 3.05) is 42.5 Å². The molecule has 2 saturated heterocycles. The minimum atomic E-state index is -0.341. The van der Waals surface area contributed by atoms with Gasteiger partial charge in [-0.1, -0.05) is 48.5 Å². The monoisotopic (exact) mass is 417 g/mol. The minimum Gasteiger partial charge on any atom is -0.366 e. The smallest absolute Gasteiger partial charge is 0.228 e. The minimum absolute atomic E-state index is 0.0142. The average Bonchev–Trinajstić information content (AvgIpc) is 3.20. The van der Waals surface area contributed by atoms with Crippen LogP contribution in [0, 0.1) is 11.7 Å². The Morgan fingerprint density at radius 1 is 0.839 bits per heavy atom. The first-order chi connectivity index (χ1) is 15.1. The topological polar surface area (TPSA) is 43.9 Å². The molecule has 2 aliphatic rings. The summed E-state index contributed by atoms with van der Waals surface area (Å²) < 4.78 is 14.1. The SMILES string of the molecule is O=C(C1CC(=O)N(c2cccc3ccccc23)C1)N1CCN(c2ccccc2F)CC1. The van der Waals surface area contributed by atoms with Crippen molar-refractivity contribution in [2.24, 2.45) is 5.92 Å². The van der Waals surface area contributed by atoms with E-state index in [1.807, 2.05) is 58.3 Å². The van der Waals surface area contributed by atoms with Gasteiger partial charge in [0.1, 0.15) is 5.82 Å². The lowest BCUT2D eigenvalue weighted by molar-refractivity contribution is -0.136. The van der Waals surface area contributed by atoms with Crippen LogP contribution >= 0.6 is 0 Å². The fourth-order valence-corrected chi connectivity index (χ4v) is 4.68. The van der Waals surface area contributed by atoms with Gasteiger partial charge in [0.05, 0.1) is 17.3 Å². The molecular formula is C25H24FN3O2. The van der Waals surface area contributed by atoms with Gasteiger partial charge in [-0.2, -0.15) is 0 Å². The second-order valence-electron chi connectivity index (χ2n) is 8.17. The molecule has 2 aliphatic heterocycles. The molecule has 0 aromatic heterocycles. The Kier molecular flexibility index (Phi) is 5.06. The largest absolute Gasteiger partial charge is 0.366 e. The van der Waals surface area contributed by atoms with E-state index in [1.54, 1.807) is 17.0 Å². The van der Waals surface area contributed by atoms with Gasteiger partial charge >= 0.3 is 0 Å². The van der Waals surface area contributed by atoms with Crippen LogP contribution < -0.4 is 9.80 Å². The van der Waals surface area contributed by atoms with Crippen LogP contribution in [0.1, 0.15) is 6.42 Å². The predicted molar refractivity (Wildman–Crippen MR) is 120 cm³/mol. The Morgan fingerprint density at radius 3 is 2.32 bits per heavy atom. The summed E-state index contributed by atoms with van der Waals surface area (Å²) in [6.07, 6.45) is 0.232. The fraction of sp³-hybridized carbons (Fsp3) is 0.280. The zero-order chi connectivity index (χ0) is 21.4. The maximum absolute atomic E-state index is 14.1. The van der Waals surface area contributed by atoms with Crippen LogP contribution in [0.15, 0.2) is 66.7 Å². The highest BCUT2D eigenvalue weighted by Crippen LogP contribution is 2.32. The van der Waals surface area contributed by atoms with Gasteiger partial charge in [-0.3, -0.25) is 9.59 Å². The van der Waals surface area contributed by atoms with Crippen molar-refractivity contribution in [1.29, 1.82) is 0 Å². The van der Waals surface area contributed by atoms with Crippen LogP contribution in [0.5, 0.6) is 0 Å². The number of para-hydroxylation sites is 1. The molecular weight excluding hydrogens is 393 g/mol. The van der Waals surface area contributed by atoms with Gasteiger partial charge < -0.3 is 14.7 Å². The molecule has 3 aromatic rings. The molecule has 2 fully saturated rings. The molecule has 0 radical (unpaired) electrons. The summed E-state index contributed by atoms with van der Waals surface area (Å²) in [7, 11) is 0. The lowest BCUT2D eigenvalue weighted by atomic mass is 10.1. The van der Waals surface area contributed by atoms with Gasteiger partial charge in [0.15, 0.2) is 0 Å². The summed E-state index contributed by atoms with van der Waals surface area (Å²) >= 11 is 0. The number of halogens is 1. The summed E-state index contributed by atoms with van der Waals surface area (Å²) in [5.41, 5.74) is 1.44. The number of hydrogen-bond acceptors (Lipinski definition) is 3. The molecule has 0 saturated carbocycles. The number of anilines is 2. The van der Waals surface area contributed by atoms with E-state index in [4.69, 9.17) is 0 Å². The standard InChI is InChI=1S/C25H24FN3O2/c26-21-9-3-4-10-23(21)27-12-14-28(15-13-27)25(31)19-16-24(30)29(17-19)22-11-5-7-18-6-1-2-8-20(18)22/h1-11,19H,12-17H2. The quantitative estimate of drug-likeness (QED) is 0.653. The van der Waals surface area contributed by atoms with E-state index in [1.165, 1.54) is 6.07 Å². The van der Waals surface area contributed by atoms with Crippen LogP contribution in [0.4, 0.5) is 15.8 Å². The predicted octanol–water partition coefficient (Wildman–Crippen LogP) is 3.68. The molecule has 0 bridgehead atoms. The molecule has 2 heterocycles. The second kappa shape index (κ2) is 8.02. The summed E-state index contributed by atoms with van der Waals surface area (Å²) in [4.78, 5) is 31.5. The Morgan fingerprint density at radius 2 is 1.52 bits per heavy atom. The van der Waals surface area contributed by atoms with Crippen LogP contribution in [0.3, 0.4) is 0 Å². The van der Waals surface area contributed by atoms with Crippen molar-refractivity contribution in [1.82, 2.24) is 4.90 Å².